The van der Waals surface area contributed by atoms with Gasteiger partial charge in [-0.25, -0.2) is 12.7 Å². The Labute approximate surface area is 151 Å². The van der Waals surface area contributed by atoms with E-state index >= 15 is 0 Å². The van der Waals surface area contributed by atoms with Gasteiger partial charge in [0.1, 0.15) is 0 Å². The molecule has 0 spiro atoms. The number of nitrogens with zero attached hydrogens (tertiary/aromatic N) is 2. The lowest BCUT2D eigenvalue weighted by atomic mass is 9.73. The van der Waals surface area contributed by atoms with Crippen molar-refractivity contribution < 1.29 is 13.5 Å². The van der Waals surface area contributed by atoms with Crippen molar-refractivity contribution >= 4 is 10.0 Å². The number of likely N-dealkylation sites (tertiary alicyclic amines) is 1. The van der Waals surface area contributed by atoms with Crippen LogP contribution in [0.5, 0.6) is 0 Å². The average Bonchev–Trinajstić information content (AvgIpc) is 2.95. The molecule has 1 N–H and O–H groups in total. The second kappa shape index (κ2) is 6.99. The SMILES string of the molecule is CC(C)c1ccc(CN2CC[C@@]3(CO)CN(S(C)(=O)=O)C[C@H]3C2)cc1. The predicted molar refractivity (Wildman–Crippen MR) is 99.9 cm³/mol. The molecule has 0 aromatic heterocycles. The molecule has 0 unspecified atom stereocenters. The van der Waals surface area contributed by atoms with Crippen molar-refractivity contribution in [2.24, 2.45) is 11.3 Å². The zero-order valence-electron chi connectivity index (χ0n) is 15.5. The molecule has 3 rings (SSSR count). The lowest BCUT2D eigenvalue weighted by molar-refractivity contribution is 0.0170. The van der Waals surface area contributed by atoms with E-state index < -0.39 is 10.0 Å². The van der Waals surface area contributed by atoms with Gasteiger partial charge in [0.25, 0.3) is 0 Å². The van der Waals surface area contributed by atoms with Crippen LogP contribution in [-0.4, -0.2) is 61.8 Å². The molecule has 0 radical (unpaired) electrons. The molecule has 25 heavy (non-hydrogen) atoms. The minimum atomic E-state index is -3.19. The minimum absolute atomic E-state index is 0.0701. The summed E-state index contributed by atoms with van der Waals surface area (Å²) in [5, 5.41) is 9.95. The molecule has 2 atom stereocenters. The van der Waals surface area contributed by atoms with Gasteiger partial charge in [-0.05, 0) is 35.9 Å². The van der Waals surface area contributed by atoms with Crippen LogP contribution in [0, 0.1) is 11.3 Å². The summed E-state index contributed by atoms with van der Waals surface area (Å²) in [4.78, 5) is 2.40. The van der Waals surface area contributed by atoms with Crippen LogP contribution in [-0.2, 0) is 16.6 Å². The Morgan fingerprint density at radius 2 is 1.92 bits per heavy atom. The number of hydrogen-bond donors (Lipinski definition) is 1. The summed E-state index contributed by atoms with van der Waals surface area (Å²) < 4.78 is 25.4. The quantitative estimate of drug-likeness (QED) is 0.864. The van der Waals surface area contributed by atoms with Crippen LogP contribution >= 0.6 is 0 Å². The molecular formula is C19H30N2O3S. The topological polar surface area (TPSA) is 60.9 Å². The third-order valence-electron chi connectivity index (χ3n) is 6.02. The fraction of sp³-hybridized carbons (Fsp3) is 0.684. The highest BCUT2D eigenvalue weighted by Crippen LogP contribution is 2.43. The first-order valence-corrected chi connectivity index (χ1v) is 11.0. The Morgan fingerprint density at radius 3 is 2.48 bits per heavy atom. The summed E-state index contributed by atoms with van der Waals surface area (Å²) in [7, 11) is -3.19. The van der Waals surface area contributed by atoms with Gasteiger partial charge in [0.15, 0.2) is 0 Å². The highest BCUT2D eigenvalue weighted by molar-refractivity contribution is 7.88. The van der Waals surface area contributed by atoms with E-state index in [9.17, 15) is 13.5 Å². The van der Waals surface area contributed by atoms with E-state index in [0.717, 1.165) is 26.1 Å². The second-order valence-corrected chi connectivity index (χ2v) is 10.1. The van der Waals surface area contributed by atoms with E-state index in [1.165, 1.54) is 17.4 Å². The third kappa shape index (κ3) is 3.92. The molecular weight excluding hydrogens is 336 g/mol. The maximum Gasteiger partial charge on any atom is 0.211 e. The fourth-order valence-electron chi connectivity index (χ4n) is 4.22. The molecule has 0 amide bonds. The number of piperidine rings is 1. The molecule has 1 aromatic carbocycles. The van der Waals surface area contributed by atoms with Gasteiger partial charge in [-0.2, -0.15) is 0 Å². The van der Waals surface area contributed by atoms with Crippen molar-refractivity contribution in [2.75, 3.05) is 39.0 Å². The Hall–Kier alpha value is -0.950. The molecule has 140 valence electrons. The zero-order chi connectivity index (χ0) is 18.2. The number of aliphatic hydroxyl groups is 1. The Morgan fingerprint density at radius 1 is 1.24 bits per heavy atom. The highest BCUT2D eigenvalue weighted by Gasteiger charge is 2.51. The van der Waals surface area contributed by atoms with Gasteiger partial charge in [-0.1, -0.05) is 38.1 Å². The van der Waals surface area contributed by atoms with Gasteiger partial charge < -0.3 is 5.11 Å². The smallest absolute Gasteiger partial charge is 0.211 e. The average molecular weight is 367 g/mol. The molecule has 6 heteroatoms. The van der Waals surface area contributed by atoms with E-state index in [1.807, 2.05) is 0 Å². The van der Waals surface area contributed by atoms with Crippen molar-refractivity contribution in [1.29, 1.82) is 0 Å². The summed E-state index contributed by atoms with van der Waals surface area (Å²) in [5.74, 6) is 0.741. The van der Waals surface area contributed by atoms with Gasteiger partial charge in [-0.15, -0.1) is 0 Å². The van der Waals surface area contributed by atoms with Crippen LogP contribution in [0.1, 0.15) is 37.3 Å². The number of rotatable bonds is 5. The standard InChI is InChI=1S/C19H30N2O3S/c1-15(2)17-6-4-16(5-7-17)10-20-9-8-19(14-22)13-21(25(3,23)24)12-18(19)11-20/h4-7,15,18,22H,8-14H2,1-3H3/t18-,19+/m1/s1. The van der Waals surface area contributed by atoms with Crippen molar-refractivity contribution in [2.45, 2.75) is 32.7 Å². The molecule has 2 fully saturated rings. The largest absolute Gasteiger partial charge is 0.396 e. The maximum atomic E-state index is 11.9. The second-order valence-electron chi connectivity index (χ2n) is 8.15. The van der Waals surface area contributed by atoms with Crippen molar-refractivity contribution in [3.8, 4) is 0 Å². The molecule has 2 aliphatic rings. The highest BCUT2D eigenvalue weighted by atomic mass is 32.2. The van der Waals surface area contributed by atoms with Crippen LogP contribution in [0.4, 0.5) is 0 Å². The van der Waals surface area contributed by atoms with Crippen molar-refractivity contribution in [3.63, 3.8) is 0 Å². The zero-order valence-corrected chi connectivity index (χ0v) is 16.3. The normalized spacial score (nSPS) is 28.4. The van der Waals surface area contributed by atoms with E-state index in [4.69, 9.17) is 0 Å². The Balaban J connectivity index is 1.68. The van der Waals surface area contributed by atoms with Crippen molar-refractivity contribution in [1.82, 2.24) is 9.21 Å². The van der Waals surface area contributed by atoms with E-state index in [-0.39, 0.29) is 17.9 Å². The van der Waals surface area contributed by atoms with Crippen LogP contribution in [0.15, 0.2) is 24.3 Å². The molecule has 2 saturated heterocycles. The van der Waals surface area contributed by atoms with E-state index in [0.29, 0.717) is 19.0 Å². The Bertz CT molecular complexity index is 702. The monoisotopic (exact) mass is 366 g/mol. The van der Waals surface area contributed by atoms with Gasteiger partial charge in [0.05, 0.1) is 12.9 Å². The van der Waals surface area contributed by atoms with Crippen LogP contribution in [0.3, 0.4) is 0 Å². The summed E-state index contributed by atoms with van der Waals surface area (Å²) >= 11 is 0. The number of sulfonamides is 1. The molecule has 1 aromatic rings. The summed E-state index contributed by atoms with van der Waals surface area (Å²) in [6.07, 6.45) is 2.12. The van der Waals surface area contributed by atoms with E-state index in [1.54, 1.807) is 4.31 Å². The van der Waals surface area contributed by atoms with Gasteiger partial charge in [-0.3, -0.25) is 4.90 Å². The van der Waals surface area contributed by atoms with Gasteiger partial charge in [0, 0.05) is 31.6 Å². The van der Waals surface area contributed by atoms with Gasteiger partial charge >= 0.3 is 0 Å². The lowest BCUT2D eigenvalue weighted by Gasteiger charge is -2.42. The number of benzene rings is 1. The molecule has 0 saturated carbocycles. The van der Waals surface area contributed by atoms with E-state index in [2.05, 4.69) is 43.0 Å². The molecule has 0 aliphatic carbocycles. The molecule has 2 aliphatic heterocycles. The van der Waals surface area contributed by atoms with Crippen LogP contribution in [0.2, 0.25) is 0 Å². The number of fused-ring (bicyclic) bond motifs is 1. The predicted octanol–water partition coefficient (Wildman–Crippen LogP) is 1.89. The summed E-state index contributed by atoms with van der Waals surface area (Å²) in [6.45, 7) is 8.09. The first-order valence-electron chi connectivity index (χ1n) is 9.11. The third-order valence-corrected chi connectivity index (χ3v) is 7.24. The summed E-state index contributed by atoms with van der Waals surface area (Å²) in [6, 6.07) is 8.78. The Kier molecular flexibility index (Phi) is 5.26. The molecule has 0 bridgehead atoms. The number of aliphatic hydroxyl groups excluding tert-OH is 1. The van der Waals surface area contributed by atoms with Gasteiger partial charge in [0.2, 0.25) is 10.0 Å². The lowest BCUT2D eigenvalue weighted by Crippen LogP contribution is -2.48. The molecule has 5 nitrogen and oxygen atoms in total. The van der Waals surface area contributed by atoms with Crippen LogP contribution in [0.25, 0.3) is 0 Å². The first-order chi connectivity index (χ1) is 11.7. The van der Waals surface area contributed by atoms with Crippen LogP contribution < -0.4 is 0 Å². The number of hydrogen-bond acceptors (Lipinski definition) is 4. The summed E-state index contributed by atoms with van der Waals surface area (Å²) in [5.41, 5.74) is 2.38. The maximum absolute atomic E-state index is 11.9. The van der Waals surface area contributed by atoms with Crippen molar-refractivity contribution in [3.05, 3.63) is 35.4 Å². The molecule has 2 heterocycles. The first kappa shape index (κ1) is 18.8. The fourth-order valence-corrected chi connectivity index (χ4v) is 5.17. The minimum Gasteiger partial charge on any atom is -0.396 e.